The predicted molar refractivity (Wildman–Crippen MR) is 106 cm³/mol. The lowest BCUT2D eigenvalue weighted by atomic mass is 9.95. The Morgan fingerprint density at radius 1 is 0.760 bits per heavy atom. The molecule has 154 valence electrons. The summed E-state index contributed by atoms with van der Waals surface area (Å²) in [5, 5.41) is 0. The van der Waals surface area contributed by atoms with E-state index in [0.29, 0.717) is 5.54 Å². The third kappa shape index (κ3) is 18.4. The molecule has 0 radical (unpaired) electrons. The van der Waals surface area contributed by atoms with Crippen LogP contribution in [0.25, 0.3) is 0 Å². The summed E-state index contributed by atoms with van der Waals surface area (Å²) in [5.74, 6) is 0. The molecule has 0 aromatic rings. The van der Waals surface area contributed by atoms with Gasteiger partial charge in [-0.05, 0) is 61.4 Å². The van der Waals surface area contributed by atoms with Gasteiger partial charge in [0.25, 0.3) is 0 Å². The molecule has 25 heavy (non-hydrogen) atoms. The van der Waals surface area contributed by atoms with Crippen molar-refractivity contribution in [3.63, 3.8) is 0 Å². The number of unbranched alkanes of at least 4 members (excludes halogenated alkanes) is 6. The maximum atomic E-state index is 9.92. The van der Waals surface area contributed by atoms with E-state index >= 15 is 0 Å². The lowest BCUT2D eigenvalue weighted by molar-refractivity contribution is 0.177. The average molecular weight is 383 g/mol. The van der Waals surface area contributed by atoms with Gasteiger partial charge in [0.2, 0.25) is 0 Å². The zero-order valence-corrected chi connectivity index (χ0v) is 18.6. The van der Waals surface area contributed by atoms with Gasteiger partial charge in [0.1, 0.15) is 0 Å². The molecular formula is C18H42N2O4S. The minimum Gasteiger partial charge on any atom is -0.309 e. The van der Waals surface area contributed by atoms with Crippen molar-refractivity contribution in [3.05, 3.63) is 0 Å². The Morgan fingerprint density at radius 3 is 1.48 bits per heavy atom. The molecule has 0 atom stereocenters. The molecule has 0 unspecified atom stereocenters. The van der Waals surface area contributed by atoms with Crippen molar-refractivity contribution in [2.75, 3.05) is 49.0 Å². The van der Waals surface area contributed by atoms with Gasteiger partial charge >= 0.3 is 10.4 Å². The van der Waals surface area contributed by atoms with Gasteiger partial charge in [0, 0.05) is 5.54 Å². The highest BCUT2D eigenvalue weighted by Crippen LogP contribution is 2.19. The molecule has 6 nitrogen and oxygen atoms in total. The summed E-state index contributed by atoms with van der Waals surface area (Å²) in [7, 11) is 7.08. The van der Waals surface area contributed by atoms with Gasteiger partial charge in [0.15, 0.2) is 0 Å². The van der Waals surface area contributed by atoms with E-state index in [2.05, 4.69) is 60.2 Å². The molecule has 0 amide bonds. The van der Waals surface area contributed by atoms with Crippen LogP contribution in [0.15, 0.2) is 0 Å². The van der Waals surface area contributed by atoms with Crippen molar-refractivity contribution in [3.8, 4) is 0 Å². The first kappa shape index (κ1) is 27.0. The van der Waals surface area contributed by atoms with Crippen molar-refractivity contribution in [2.24, 2.45) is 0 Å². The molecule has 0 fully saturated rings. The van der Waals surface area contributed by atoms with Crippen LogP contribution in [0.3, 0.4) is 0 Å². The van der Waals surface area contributed by atoms with E-state index in [9.17, 15) is 8.42 Å². The topological polar surface area (TPSA) is 59.1 Å². The smallest absolute Gasteiger partial charge is 0.309 e. The Kier molecular flexibility index (Phi) is 16.1. The molecule has 0 saturated heterocycles. The van der Waals surface area contributed by atoms with E-state index < -0.39 is 10.4 Å². The normalized spacial score (nSPS) is 12.4. The highest BCUT2D eigenvalue weighted by molar-refractivity contribution is 7.81. The summed E-state index contributed by atoms with van der Waals surface area (Å²) >= 11 is 0. The molecular weight excluding hydrogens is 340 g/mol. The van der Waals surface area contributed by atoms with Crippen molar-refractivity contribution < 1.29 is 16.8 Å². The number of hydrogen-bond donors (Lipinski definition) is 0. The van der Waals surface area contributed by atoms with Gasteiger partial charge < -0.3 is 9.80 Å². The molecule has 7 heteroatoms. The zero-order chi connectivity index (χ0) is 19.9. The predicted octanol–water partition coefficient (Wildman–Crippen LogP) is 3.53. The summed E-state index contributed by atoms with van der Waals surface area (Å²) in [4.78, 5) is 4.62. The molecule has 0 rings (SSSR count). The van der Waals surface area contributed by atoms with E-state index in [1.54, 1.807) is 0 Å². The maximum Gasteiger partial charge on any atom is 0.399 e. The lowest BCUT2D eigenvalue weighted by Crippen LogP contribution is -2.37. The standard InChI is InChI=1S/C16H36N2.C2H6O4S/c1-16(2,18(5)6)14-12-10-8-7-9-11-13-15-17(3)4;1-5-7(3,4)6-2/h7-15H2,1-6H3;1-2H3. The third-order valence-electron chi connectivity index (χ3n) is 4.51. The molecule has 0 aliphatic carbocycles. The highest BCUT2D eigenvalue weighted by Gasteiger charge is 2.18. The molecule has 0 spiro atoms. The molecule has 0 bridgehead atoms. The van der Waals surface area contributed by atoms with E-state index in [1.165, 1.54) is 57.9 Å². The quantitative estimate of drug-likeness (QED) is 0.454. The summed E-state index contributed by atoms with van der Waals surface area (Å²) < 4.78 is 27.5. The van der Waals surface area contributed by atoms with Crippen LogP contribution in [0.4, 0.5) is 0 Å². The number of rotatable bonds is 13. The minimum atomic E-state index is -3.66. The maximum absolute atomic E-state index is 9.92. The molecule has 0 aromatic carbocycles. The fourth-order valence-electron chi connectivity index (χ4n) is 2.16. The van der Waals surface area contributed by atoms with Crippen LogP contribution in [0.5, 0.6) is 0 Å². The second kappa shape index (κ2) is 14.9. The molecule has 0 N–H and O–H groups in total. The molecule has 0 heterocycles. The van der Waals surface area contributed by atoms with E-state index in [4.69, 9.17) is 0 Å². The van der Waals surface area contributed by atoms with Crippen LogP contribution in [0.2, 0.25) is 0 Å². The van der Waals surface area contributed by atoms with E-state index in [1.807, 2.05) is 0 Å². The van der Waals surface area contributed by atoms with Crippen LogP contribution >= 0.6 is 0 Å². The number of nitrogens with zero attached hydrogens (tertiary/aromatic N) is 2. The second-order valence-electron chi connectivity index (χ2n) is 7.48. The molecule has 0 aliphatic rings. The Hall–Kier alpha value is -0.210. The summed E-state index contributed by atoms with van der Waals surface area (Å²) in [6, 6.07) is 0. The monoisotopic (exact) mass is 382 g/mol. The SMILES string of the molecule is CN(C)CCCCCCCCCC(C)(C)N(C)C.COS(=O)(=O)OC. The lowest BCUT2D eigenvalue weighted by Gasteiger charge is -2.32. The average Bonchev–Trinajstić information content (AvgIpc) is 2.53. The summed E-state index contributed by atoms with van der Waals surface area (Å²) in [6.45, 7) is 5.93. The molecule has 0 aliphatic heterocycles. The Balaban J connectivity index is 0. The minimum absolute atomic E-state index is 0.367. The molecule has 0 saturated carbocycles. The number of hydrogen-bond acceptors (Lipinski definition) is 6. The second-order valence-corrected chi connectivity index (χ2v) is 8.96. The Bertz CT molecular complexity index is 386. The van der Waals surface area contributed by atoms with Gasteiger partial charge in [-0.2, -0.15) is 8.42 Å². The van der Waals surface area contributed by atoms with Crippen molar-refractivity contribution in [2.45, 2.75) is 70.8 Å². The van der Waals surface area contributed by atoms with Crippen LogP contribution in [0, 0.1) is 0 Å². The first-order valence-electron chi connectivity index (χ1n) is 9.17. The van der Waals surface area contributed by atoms with Crippen LogP contribution in [-0.2, 0) is 18.8 Å². The Labute approximate surface area is 157 Å². The van der Waals surface area contributed by atoms with E-state index in [0.717, 1.165) is 14.2 Å². The summed E-state index contributed by atoms with van der Waals surface area (Å²) in [6.07, 6.45) is 11.1. The van der Waals surface area contributed by atoms with Crippen LogP contribution in [-0.4, -0.2) is 72.7 Å². The van der Waals surface area contributed by atoms with Crippen molar-refractivity contribution >= 4 is 10.4 Å². The van der Waals surface area contributed by atoms with Gasteiger partial charge in [-0.15, -0.1) is 0 Å². The molecule has 0 aromatic heterocycles. The highest BCUT2D eigenvalue weighted by atomic mass is 32.3. The van der Waals surface area contributed by atoms with Crippen molar-refractivity contribution in [1.82, 2.24) is 9.80 Å². The first-order chi connectivity index (χ1) is 11.5. The largest absolute Gasteiger partial charge is 0.399 e. The Morgan fingerprint density at radius 2 is 1.16 bits per heavy atom. The fraction of sp³-hybridized carbons (Fsp3) is 1.00. The van der Waals surface area contributed by atoms with Crippen LogP contribution < -0.4 is 0 Å². The fourth-order valence-corrected chi connectivity index (χ4v) is 2.30. The van der Waals surface area contributed by atoms with Crippen molar-refractivity contribution in [1.29, 1.82) is 0 Å². The van der Waals surface area contributed by atoms with Gasteiger partial charge in [-0.1, -0.05) is 38.5 Å². The summed E-state index contributed by atoms with van der Waals surface area (Å²) in [5.41, 5.74) is 0.367. The van der Waals surface area contributed by atoms with Gasteiger partial charge in [0.05, 0.1) is 14.2 Å². The zero-order valence-electron chi connectivity index (χ0n) is 17.8. The third-order valence-corrected chi connectivity index (χ3v) is 5.33. The van der Waals surface area contributed by atoms with Crippen LogP contribution in [0.1, 0.15) is 65.2 Å². The van der Waals surface area contributed by atoms with Gasteiger partial charge in [-0.25, -0.2) is 0 Å². The van der Waals surface area contributed by atoms with Gasteiger partial charge in [-0.3, -0.25) is 8.37 Å². The first-order valence-corrected chi connectivity index (χ1v) is 10.5. The van der Waals surface area contributed by atoms with E-state index in [-0.39, 0.29) is 0 Å².